The number of furan rings is 1. The van der Waals surface area contributed by atoms with Gasteiger partial charge < -0.3 is 13.6 Å². The second-order valence-corrected chi connectivity index (χ2v) is 12.5. The van der Waals surface area contributed by atoms with Crippen LogP contribution in [-0.4, -0.2) is 9.13 Å². The highest BCUT2D eigenvalue weighted by atomic mass is 16.3. The monoisotopic (exact) mass is 598 g/mol. The van der Waals surface area contributed by atoms with Crippen molar-refractivity contribution in [2.75, 3.05) is 0 Å². The van der Waals surface area contributed by atoms with Crippen LogP contribution >= 0.6 is 0 Å². The van der Waals surface area contributed by atoms with Crippen LogP contribution in [0.15, 0.2) is 162 Å². The van der Waals surface area contributed by atoms with E-state index in [9.17, 15) is 0 Å². The first-order chi connectivity index (χ1) is 23.3. The Balaban J connectivity index is 1.33. The molecule has 3 heterocycles. The van der Waals surface area contributed by atoms with Gasteiger partial charge in [-0.25, -0.2) is 0 Å². The Labute approximate surface area is 269 Å². The number of rotatable bonds is 2. The minimum Gasteiger partial charge on any atom is -0.456 e. The number of nitrogens with zero attached hydrogens (tertiary/aromatic N) is 2. The number of benzene rings is 8. The summed E-state index contributed by atoms with van der Waals surface area (Å²) in [6, 6.07) is 57.1. The summed E-state index contributed by atoms with van der Waals surface area (Å²) in [5.41, 5.74) is 8.93. The van der Waals surface area contributed by atoms with Crippen LogP contribution in [0.3, 0.4) is 0 Å². The van der Waals surface area contributed by atoms with Crippen molar-refractivity contribution in [2.45, 2.75) is 0 Å². The Hall–Kier alpha value is -6.32. The van der Waals surface area contributed by atoms with Crippen molar-refractivity contribution in [3.63, 3.8) is 0 Å². The fraction of sp³-hybridized carbons (Fsp3) is 0. The Morgan fingerprint density at radius 2 is 1.00 bits per heavy atom. The van der Waals surface area contributed by atoms with Crippen LogP contribution in [-0.2, 0) is 0 Å². The van der Waals surface area contributed by atoms with Gasteiger partial charge in [0.05, 0.1) is 27.8 Å². The van der Waals surface area contributed by atoms with Crippen LogP contribution in [0.2, 0.25) is 0 Å². The molecule has 0 fully saturated rings. The number of aromatic nitrogens is 2. The normalized spacial score (nSPS) is 12.3. The Morgan fingerprint density at radius 1 is 0.362 bits per heavy atom. The van der Waals surface area contributed by atoms with E-state index in [4.69, 9.17) is 4.42 Å². The van der Waals surface area contributed by atoms with Crippen LogP contribution in [0.1, 0.15) is 0 Å². The molecule has 0 bridgehead atoms. The van der Waals surface area contributed by atoms with Gasteiger partial charge in [0.1, 0.15) is 11.2 Å². The molecule has 0 spiro atoms. The van der Waals surface area contributed by atoms with E-state index in [-0.39, 0.29) is 0 Å². The van der Waals surface area contributed by atoms with Gasteiger partial charge in [-0.3, -0.25) is 0 Å². The second kappa shape index (κ2) is 9.12. The molecule has 0 radical (unpaired) electrons. The van der Waals surface area contributed by atoms with Crippen molar-refractivity contribution in [2.24, 2.45) is 0 Å². The molecule has 0 N–H and O–H groups in total. The molecule has 0 aliphatic carbocycles. The molecule has 0 aliphatic rings. The highest BCUT2D eigenvalue weighted by Gasteiger charge is 2.22. The van der Waals surface area contributed by atoms with Crippen molar-refractivity contribution in [3.8, 4) is 11.4 Å². The average molecular weight is 599 g/mol. The average Bonchev–Trinajstić information content (AvgIpc) is 3.78. The Morgan fingerprint density at radius 3 is 1.85 bits per heavy atom. The SMILES string of the molecule is c1ccc2c(c1)cc(-n1c3ccccc3c3ccc4c(c5ccccc5n4-c4ccc5oc6ccccc6c5c4)c31)c1ccccc12. The Kier molecular flexibility index (Phi) is 4.84. The third-order valence-electron chi connectivity index (χ3n) is 10.1. The predicted octanol–water partition coefficient (Wildman–Crippen LogP) is 12.1. The molecule has 3 nitrogen and oxygen atoms in total. The van der Waals surface area contributed by atoms with E-state index in [0.717, 1.165) is 27.6 Å². The fourth-order valence-corrected chi connectivity index (χ4v) is 8.11. The number of hydrogen-bond donors (Lipinski definition) is 0. The lowest BCUT2D eigenvalue weighted by atomic mass is 10.00. The van der Waals surface area contributed by atoms with Gasteiger partial charge >= 0.3 is 0 Å². The molecule has 47 heavy (non-hydrogen) atoms. The zero-order chi connectivity index (χ0) is 30.6. The molecule has 8 aromatic carbocycles. The summed E-state index contributed by atoms with van der Waals surface area (Å²) < 4.78 is 11.2. The molecule has 0 unspecified atom stereocenters. The summed E-state index contributed by atoms with van der Waals surface area (Å²) in [6.07, 6.45) is 0. The van der Waals surface area contributed by atoms with Gasteiger partial charge in [-0.2, -0.15) is 0 Å². The molecular weight excluding hydrogens is 572 g/mol. The molecule has 218 valence electrons. The molecule has 0 saturated carbocycles. The van der Waals surface area contributed by atoms with Gasteiger partial charge in [-0.15, -0.1) is 0 Å². The number of fused-ring (bicyclic) bond motifs is 13. The van der Waals surface area contributed by atoms with Crippen LogP contribution < -0.4 is 0 Å². The van der Waals surface area contributed by atoms with Crippen LogP contribution in [0.25, 0.3) is 98.5 Å². The molecule has 3 heteroatoms. The third kappa shape index (κ3) is 3.30. The van der Waals surface area contributed by atoms with Crippen molar-refractivity contribution in [1.82, 2.24) is 9.13 Å². The summed E-state index contributed by atoms with van der Waals surface area (Å²) in [4.78, 5) is 0. The van der Waals surface area contributed by atoms with E-state index in [2.05, 4.69) is 155 Å². The highest BCUT2D eigenvalue weighted by molar-refractivity contribution is 6.27. The molecule has 0 aliphatic heterocycles. The molecule has 11 aromatic rings. The van der Waals surface area contributed by atoms with Crippen LogP contribution in [0.5, 0.6) is 0 Å². The topological polar surface area (TPSA) is 23.0 Å². The van der Waals surface area contributed by atoms with Crippen molar-refractivity contribution < 1.29 is 4.42 Å². The first-order valence-electron chi connectivity index (χ1n) is 16.1. The molecule has 0 saturated heterocycles. The van der Waals surface area contributed by atoms with Crippen LogP contribution in [0.4, 0.5) is 0 Å². The number of hydrogen-bond acceptors (Lipinski definition) is 1. The summed E-state index contributed by atoms with van der Waals surface area (Å²) in [7, 11) is 0. The maximum atomic E-state index is 6.21. The first kappa shape index (κ1) is 24.9. The van der Waals surface area contributed by atoms with E-state index >= 15 is 0 Å². The zero-order valence-corrected chi connectivity index (χ0v) is 25.3. The fourth-order valence-electron chi connectivity index (χ4n) is 8.11. The summed E-state index contributed by atoms with van der Waals surface area (Å²) in [5.74, 6) is 0. The largest absolute Gasteiger partial charge is 0.456 e. The lowest BCUT2D eigenvalue weighted by Gasteiger charge is -2.15. The lowest BCUT2D eigenvalue weighted by Crippen LogP contribution is -1.97. The third-order valence-corrected chi connectivity index (χ3v) is 10.1. The molecule has 0 atom stereocenters. The summed E-state index contributed by atoms with van der Waals surface area (Å²) in [6.45, 7) is 0. The van der Waals surface area contributed by atoms with Crippen molar-refractivity contribution in [3.05, 3.63) is 158 Å². The molecular formula is C44H26N2O. The maximum Gasteiger partial charge on any atom is 0.135 e. The molecule has 11 rings (SSSR count). The van der Waals surface area contributed by atoms with E-state index < -0.39 is 0 Å². The van der Waals surface area contributed by atoms with Gasteiger partial charge in [0.2, 0.25) is 0 Å². The first-order valence-corrected chi connectivity index (χ1v) is 16.1. The lowest BCUT2D eigenvalue weighted by molar-refractivity contribution is 0.669. The summed E-state index contributed by atoms with van der Waals surface area (Å²) >= 11 is 0. The van der Waals surface area contributed by atoms with E-state index in [0.29, 0.717) is 0 Å². The summed E-state index contributed by atoms with van der Waals surface area (Å²) in [5, 5.41) is 12.3. The van der Waals surface area contributed by atoms with Crippen LogP contribution in [0, 0.1) is 0 Å². The highest BCUT2D eigenvalue weighted by Crippen LogP contribution is 2.44. The molecule has 0 amide bonds. The minimum absolute atomic E-state index is 0.904. The maximum absolute atomic E-state index is 6.21. The predicted molar refractivity (Wildman–Crippen MR) is 197 cm³/mol. The van der Waals surface area contributed by atoms with Crippen molar-refractivity contribution in [1.29, 1.82) is 0 Å². The van der Waals surface area contributed by atoms with Crippen molar-refractivity contribution >= 4 is 87.1 Å². The van der Waals surface area contributed by atoms with Gasteiger partial charge in [-0.05, 0) is 64.7 Å². The Bertz CT molecular complexity index is 3080. The quantitative estimate of drug-likeness (QED) is 0.182. The van der Waals surface area contributed by atoms with Gasteiger partial charge in [-0.1, -0.05) is 109 Å². The smallest absolute Gasteiger partial charge is 0.135 e. The van der Waals surface area contributed by atoms with E-state index in [1.54, 1.807) is 0 Å². The van der Waals surface area contributed by atoms with Gasteiger partial charge in [0.15, 0.2) is 0 Å². The minimum atomic E-state index is 0.904. The zero-order valence-electron chi connectivity index (χ0n) is 25.3. The number of para-hydroxylation sites is 3. The van der Waals surface area contributed by atoms with Gasteiger partial charge in [0, 0.05) is 43.4 Å². The molecule has 3 aromatic heterocycles. The second-order valence-electron chi connectivity index (χ2n) is 12.5. The van der Waals surface area contributed by atoms with E-state index in [1.807, 2.05) is 12.1 Å². The van der Waals surface area contributed by atoms with Gasteiger partial charge in [0.25, 0.3) is 0 Å². The standard InChI is InChI=1S/C44H26N2O/c1-2-12-29-27(11-1)25-40(31-14-4-3-13-30(29)31)46-37-18-8-5-15-32(37)34-22-23-39-43(44(34)46)35-17-6-9-19-38(35)45(39)28-21-24-42-36(26-28)33-16-7-10-20-41(33)47-42/h1-26H. The van der Waals surface area contributed by atoms with E-state index in [1.165, 1.54) is 70.8 Å².